The molecule has 2 saturated heterocycles. The molecule has 2 fully saturated rings. The molecule has 2 aliphatic heterocycles. The lowest BCUT2D eigenvalue weighted by atomic mass is 10.0. The SMILES string of the molecule is CC(C)n1cc(S(=O)(=O)N2CCC[C@@H](N3CCCCC3)C2)cn1. The average molecular weight is 340 g/mol. The van der Waals surface area contributed by atoms with Crippen LogP contribution in [-0.2, 0) is 10.0 Å². The van der Waals surface area contributed by atoms with Crippen LogP contribution in [0.15, 0.2) is 17.3 Å². The van der Waals surface area contributed by atoms with Gasteiger partial charge in [0.1, 0.15) is 4.90 Å². The van der Waals surface area contributed by atoms with Crippen LogP contribution < -0.4 is 0 Å². The molecule has 0 aromatic carbocycles. The van der Waals surface area contributed by atoms with Gasteiger partial charge in [0, 0.05) is 31.4 Å². The Balaban J connectivity index is 1.73. The van der Waals surface area contributed by atoms with Crippen LogP contribution in [0.5, 0.6) is 0 Å². The van der Waals surface area contributed by atoms with Gasteiger partial charge >= 0.3 is 0 Å². The Hall–Kier alpha value is -0.920. The molecule has 0 spiro atoms. The van der Waals surface area contributed by atoms with Crippen molar-refractivity contribution in [1.82, 2.24) is 19.0 Å². The summed E-state index contributed by atoms with van der Waals surface area (Å²) in [6.07, 6.45) is 8.98. The van der Waals surface area contributed by atoms with E-state index in [1.165, 1.54) is 25.5 Å². The van der Waals surface area contributed by atoms with Crippen molar-refractivity contribution in [1.29, 1.82) is 0 Å². The first-order valence-electron chi connectivity index (χ1n) is 8.77. The minimum absolute atomic E-state index is 0.168. The standard InChI is InChI=1S/C16H28N4O2S/c1-14(2)20-13-16(11-17-20)23(21,22)19-10-6-7-15(12-19)18-8-4-3-5-9-18/h11,13-15H,3-10,12H2,1-2H3/t15-/m1/s1. The largest absolute Gasteiger partial charge is 0.299 e. The van der Waals surface area contributed by atoms with Crippen LogP contribution in [0.25, 0.3) is 0 Å². The maximum atomic E-state index is 12.9. The van der Waals surface area contributed by atoms with Gasteiger partial charge in [-0.2, -0.15) is 9.40 Å². The highest BCUT2D eigenvalue weighted by molar-refractivity contribution is 7.89. The Kier molecular flexibility index (Phi) is 5.08. The van der Waals surface area contributed by atoms with E-state index in [1.54, 1.807) is 15.2 Å². The average Bonchev–Trinajstić information content (AvgIpc) is 3.07. The number of hydrogen-bond donors (Lipinski definition) is 0. The van der Waals surface area contributed by atoms with Crippen LogP contribution in [0.2, 0.25) is 0 Å². The van der Waals surface area contributed by atoms with Crippen molar-refractivity contribution in [2.45, 2.75) is 62.9 Å². The molecule has 0 amide bonds. The van der Waals surface area contributed by atoms with Crippen molar-refractivity contribution in [2.24, 2.45) is 0 Å². The van der Waals surface area contributed by atoms with Gasteiger partial charge < -0.3 is 0 Å². The Bertz CT molecular complexity index is 620. The van der Waals surface area contributed by atoms with E-state index in [4.69, 9.17) is 0 Å². The van der Waals surface area contributed by atoms with Crippen molar-refractivity contribution in [2.75, 3.05) is 26.2 Å². The van der Waals surface area contributed by atoms with Gasteiger partial charge in [0.05, 0.1) is 6.20 Å². The summed E-state index contributed by atoms with van der Waals surface area (Å²) in [4.78, 5) is 2.81. The second kappa shape index (κ2) is 6.91. The number of likely N-dealkylation sites (tertiary alicyclic amines) is 1. The topological polar surface area (TPSA) is 58.4 Å². The van der Waals surface area contributed by atoms with E-state index in [1.807, 2.05) is 13.8 Å². The van der Waals surface area contributed by atoms with Crippen LogP contribution in [0.4, 0.5) is 0 Å². The van der Waals surface area contributed by atoms with E-state index < -0.39 is 10.0 Å². The highest BCUT2D eigenvalue weighted by Crippen LogP contribution is 2.25. The molecule has 23 heavy (non-hydrogen) atoms. The molecule has 130 valence electrons. The molecule has 7 heteroatoms. The Morgan fingerprint density at radius 2 is 1.87 bits per heavy atom. The third kappa shape index (κ3) is 3.61. The molecule has 0 radical (unpaired) electrons. The smallest absolute Gasteiger partial charge is 0.246 e. The number of rotatable bonds is 4. The summed E-state index contributed by atoms with van der Waals surface area (Å²) in [7, 11) is -3.42. The van der Waals surface area contributed by atoms with Crippen LogP contribution in [-0.4, -0.2) is 59.6 Å². The Labute approximate surface area is 139 Å². The van der Waals surface area contributed by atoms with E-state index in [-0.39, 0.29) is 6.04 Å². The molecule has 0 saturated carbocycles. The molecule has 0 unspecified atom stereocenters. The fraction of sp³-hybridized carbons (Fsp3) is 0.812. The molecule has 6 nitrogen and oxygen atoms in total. The minimum atomic E-state index is -3.42. The summed E-state index contributed by atoms with van der Waals surface area (Å²) in [5.74, 6) is 0. The normalized spacial score (nSPS) is 25.1. The predicted octanol–water partition coefficient (Wildman–Crippen LogP) is 2.10. The fourth-order valence-electron chi connectivity index (χ4n) is 3.61. The highest BCUT2D eigenvalue weighted by atomic mass is 32.2. The quantitative estimate of drug-likeness (QED) is 0.842. The monoisotopic (exact) mass is 340 g/mol. The summed E-state index contributed by atoms with van der Waals surface area (Å²) >= 11 is 0. The van der Waals surface area contributed by atoms with Crippen molar-refractivity contribution in [3.63, 3.8) is 0 Å². The lowest BCUT2D eigenvalue weighted by Gasteiger charge is -2.40. The zero-order valence-corrected chi connectivity index (χ0v) is 15.0. The van der Waals surface area contributed by atoms with E-state index in [0.717, 1.165) is 25.9 Å². The third-order valence-corrected chi connectivity index (χ3v) is 6.83. The number of aromatic nitrogens is 2. The zero-order valence-electron chi connectivity index (χ0n) is 14.2. The summed E-state index contributed by atoms with van der Waals surface area (Å²) in [5, 5.41) is 4.19. The van der Waals surface area contributed by atoms with Gasteiger partial charge in [-0.1, -0.05) is 6.42 Å². The molecule has 0 N–H and O–H groups in total. The minimum Gasteiger partial charge on any atom is -0.299 e. The molecule has 1 aromatic rings. The number of hydrogen-bond acceptors (Lipinski definition) is 4. The highest BCUT2D eigenvalue weighted by Gasteiger charge is 2.33. The molecule has 3 heterocycles. The molecular weight excluding hydrogens is 312 g/mol. The van der Waals surface area contributed by atoms with Gasteiger partial charge in [-0.3, -0.25) is 9.58 Å². The fourth-order valence-corrected chi connectivity index (χ4v) is 5.06. The summed E-state index contributed by atoms with van der Waals surface area (Å²) < 4.78 is 29.2. The molecule has 3 rings (SSSR count). The van der Waals surface area contributed by atoms with E-state index in [9.17, 15) is 8.42 Å². The number of piperidine rings is 2. The Morgan fingerprint density at radius 1 is 1.13 bits per heavy atom. The first-order valence-corrected chi connectivity index (χ1v) is 10.2. The molecular formula is C16H28N4O2S. The van der Waals surface area contributed by atoms with Crippen molar-refractivity contribution in [3.8, 4) is 0 Å². The van der Waals surface area contributed by atoms with Crippen LogP contribution in [0, 0.1) is 0 Å². The summed E-state index contributed by atoms with van der Waals surface area (Å²) in [6.45, 7) is 7.47. The molecule has 2 aliphatic rings. The van der Waals surface area contributed by atoms with Gasteiger partial charge in [0.2, 0.25) is 10.0 Å². The van der Waals surface area contributed by atoms with Crippen molar-refractivity contribution in [3.05, 3.63) is 12.4 Å². The van der Waals surface area contributed by atoms with Gasteiger partial charge in [0.25, 0.3) is 0 Å². The summed E-state index contributed by atoms with van der Waals surface area (Å²) in [5.41, 5.74) is 0. The molecule has 0 aliphatic carbocycles. The zero-order chi connectivity index (χ0) is 16.4. The van der Waals surface area contributed by atoms with Crippen LogP contribution in [0.3, 0.4) is 0 Å². The van der Waals surface area contributed by atoms with E-state index >= 15 is 0 Å². The first-order chi connectivity index (χ1) is 11.0. The molecule has 0 bridgehead atoms. The predicted molar refractivity (Wildman–Crippen MR) is 89.8 cm³/mol. The lowest BCUT2D eigenvalue weighted by molar-refractivity contribution is 0.114. The lowest BCUT2D eigenvalue weighted by Crippen LogP contribution is -2.51. The second-order valence-electron chi connectivity index (χ2n) is 7.01. The van der Waals surface area contributed by atoms with Crippen LogP contribution in [0.1, 0.15) is 52.0 Å². The molecule has 1 aromatic heterocycles. The molecule has 1 atom stereocenters. The van der Waals surface area contributed by atoms with E-state index in [0.29, 0.717) is 24.0 Å². The van der Waals surface area contributed by atoms with Crippen molar-refractivity contribution < 1.29 is 8.42 Å². The van der Waals surface area contributed by atoms with Gasteiger partial charge in [-0.25, -0.2) is 8.42 Å². The Morgan fingerprint density at radius 3 is 2.52 bits per heavy atom. The van der Waals surface area contributed by atoms with E-state index in [2.05, 4.69) is 10.00 Å². The second-order valence-corrected chi connectivity index (χ2v) is 8.94. The van der Waals surface area contributed by atoms with Crippen molar-refractivity contribution >= 4 is 10.0 Å². The van der Waals surface area contributed by atoms with Crippen LogP contribution >= 0.6 is 0 Å². The number of nitrogens with zero attached hydrogens (tertiary/aromatic N) is 4. The van der Waals surface area contributed by atoms with Gasteiger partial charge in [-0.15, -0.1) is 0 Å². The summed E-state index contributed by atoms with van der Waals surface area (Å²) in [6, 6.07) is 0.542. The first kappa shape index (κ1) is 16.9. The van der Waals surface area contributed by atoms with Gasteiger partial charge in [-0.05, 0) is 52.6 Å². The maximum absolute atomic E-state index is 12.9. The number of sulfonamides is 1. The maximum Gasteiger partial charge on any atom is 0.246 e. The third-order valence-electron chi connectivity index (χ3n) is 5.01. The van der Waals surface area contributed by atoms with Gasteiger partial charge in [0.15, 0.2) is 0 Å².